The molecule has 0 aromatic heterocycles. The summed E-state index contributed by atoms with van der Waals surface area (Å²) < 4.78 is 5.62. The summed E-state index contributed by atoms with van der Waals surface area (Å²) in [6, 6.07) is 9.03. The highest BCUT2D eigenvalue weighted by Gasteiger charge is 2.25. The van der Waals surface area contributed by atoms with Gasteiger partial charge in [0.05, 0.1) is 19.7 Å². The Balaban J connectivity index is 0.00000261. The van der Waals surface area contributed by atoms with E-state index in [-0.39, 0.29) is 30.0 Å². The number of rotatable bonds is 6. The molecule has 1 aromatic carbocycles. The van der Waals surface area contributed by atoms with Crippen molar-refractivity contribution in [2.75, 3.05) is 26.7 Å². The third-order valence-electron chi connectivity index (χ3n) is 5.72. The molecule has 6 heteroatoms. The Kier molecular flexibility index (Phi) is 9.68. The van der Waals surface area contributed by atoms with Crippen molar-refractivity contribution in [3.63, 3.8) is 0 Å². The highest BCUT2D eigenvalue weighted by molar-refractivity contribution is 14.0. The van der Waals surface area contributed by atoms with Crippen LogP contribution in [0.4, 0.5) is 0 Å². The van der Waals surface area contributed by atoms with Gasteiger partial charge in [0.15, 0.2) is 5.96 Å². The highest BCUT2D eigenvalue weighted by atomic mass is 127. The normalized spacial score (nSPS) is 20.6. The maximum absolute atomic E-state index is 6.22. The van der Waals surface area contributed by atoms with Crippen LogP contribution in [-0.2, 0) is 0 Å². The molecule has 1 unspecified atom stereocenters. The fourth-order valence-electron chi connectivity index (χ4n) is 4.27. The van der Waals surface area contributed by atoms with E-state index in [0.717, 1.165) is 18.8 Å². The molecule has 0 amide bonds. The van der Waals surface area contributed by atoms with Crippen LogP contribution in [0.1, 0.15) is 63.0 Å². The molecule has 3 rings (SSSR count). The smallest absolute Gasteiger partial charge is 0.188 e. The van der Waals surface area contributed by atoms with E-state index in [2.05, 4.69) is 22.3 Å². The Morgan fingerprint density at radius 3 is 2.52 bits per heavy atom. The summed E-state index contributed by atoms with van der Waals surface area (Å²) in [7, 11) is 1.74. The monoisotopic (exact) mass is 486 g/mol. The number of nitrogens with zero attached hydrogens (tertiary/aromatic N) is 2. The zero-order valence-corrected chi connectivity index (χ0v) is 18.9. The lowest BCUT2D eigenvalue weighted by Gasteiger charge is -2.34. The number of ether oxygens (including phenoxy) is 1. The number of hydrogen-bond acceptors (Lipinski definition) is 3. The van der Waals surface area contributed by atoms with Gasteiger partial charge in [-0.15, -0.1) is 24.0 Å². The molecule has 2 aliphatic rings. The van der Waals surface area contributed by atoms with Gasteiger partial charge in [-0.05, 0) is 44.8 Å². The number of methoxy groups -OCH3 is 1. The first kappa shape index (κ1) is 22.3. The predicted octanol–water partition coefficient (Wildman–Crippen LogP) is 4.08. The van der Waals surface area contributed by atoms with E-state index < -0.39 is 0 Å². The Labute approximate surface area is 181 Å². The summed E-state index contributed by atoms with van der Waals surface area (Å²) in [5.74, 6) is 1.53. The Morgan fingerprint density at radius 2 is 1.81 bits per heavy atom. The number of guanidine groups is 1. The summed E-state index contributed by atoms with van der Waals surface area (Å²) in [4.78, 5) is 7.27. The van der Waals surface area contributed by atoms with E-state index in [9.17, 15) is 0 Å². The molecule has 1 heterocycles. The molecule has 1 atom stereocenters. The summed E-state index contributed by atoms with van der Waals surface area (Å²) in [6.07, 6.45) is 10.2. The van der Waals surface area contributed by atoms with Crippen LogP contribution in [0.3, 0.4) is 0 Å². The molecule has 5 nitrogen and oxygen atoms in total. The van der Waals surface area contributed by atoms with E-state index in [4.69, 9.17) is 15.5 Å². The van der Waals surface area contributed by atoms with Crippen LogP contribution in [0.2, 0.25) is 0 Å². The van der Waals surface area contributed by atoms with Crippen molar-refractivity contribution in [2.45, 2.75) is 63.5 Å². The molecule has 3 N–H and O–H groups in total. The van der Waals surface area contributed by atoms with E-state index in [1.54, 1.807) is 7.11 Å². The number of para-hydroxylation sites is 1. The van der Waals surface area contributed by atoms with Crippen molar-refractivity contribution in [3.8, 4) is 5.75 Å². The van der Waals surface area contributed by atoms with E-state index in [0.29, 0.717) is 18.5 Å². The van der Waals surface area contributed by atoms with Crippen LogP contribution in [0, 0.1) is 0 Å². The highest BCUT2D eigenvalue weighted by Crippen LogP contribution is 2.31. The molecule has 2 fully saturated rings. The summed E-state index contributed by atoms with van der Waals surface area (Å²) in [6.45, 7) is 2.91. The van der Waals surface area contributed by atoms with Crippen LogP contribution in [0.15, 0.2) is 29.3 Å². The van der Waals surface area contributed by atoms with Gasteiger partial charge >= 0.3 is 0 Å². The number of nitrogens with two attached hydrogens (primary N) is 1. The van der Waals surface area contributed by atoms with E-state index in [1.807, 2.05) is 12.1 Å². The lowest BCUT2D eigenvalue weighted by atomic mass is 9.96. The zero-order chi connectivity index (χ0) is 18.2. The quantitative estimate of drug-likeness (QED) is 0.362. The van der Waals surface area contributed by atoms with Crippen LogP contribution >= 0.6 is 24.0 Å². The standard InChI is InChI=1S/C21H34N4O.HI/c1-26-20-13-7-6-12-18(20)19(25-14-8-3-9-15-25)16-23-21(22)24-17-10-4-2-5-11-17;/h6-7,12-13,17,19H,2-5,8-11,14-16H2,1H3,(H3,22,23,24);1H. The molecule has 1 saturated carbocycles. The van der Waals surface area contributed by atoms with E-state index >= 15 is 0 Å². The molecular formula is C21H35IN4O. The lowest BCUT2D eigenvalue weighted by Crippen LogP contribution is -2.42. The van der Waals surface area contributed by atoms with Crippen molar-refractivity contribution < 1.29 is 4.74 Å². The van der Waals surface area contributed by atoms with Crippen LogP contribution < -0.4 is 15.8 Å². The Bertz CT molecular complexity index is 583. The average Bonchev–Trinajstić information content (AvgIpc) is 2.70. The van der Waals surface area contributed by atoms with Crippen molar-refractivity contribution in [1.29, 1.82) is 0 Å². The minimum atomic E-state index is 0. The Morgan fingerprint density at radius 1 is 1.15 bits per heavy atom. The second kappa shape index (κ2) is 11.7. The summed E-state index contributed by atoms with van der Waals surface area (Å²) in [5.41, 5.74) is 7.43. The molecular weight excluding hydrogens is 451 g/mol. The fraction of sp³-hybridized carbons (Fsp3) is 0.667. The molecule has 1 aromatic rings. The van der Waals surface area contributed by atoms with Crippen molar-refractivity contribution in [3.05, 3.63) is 29.8 Å². The molecule has 152 valence electrons. The van der Waals surface area contributed by atoms with Crippen LogP contribution in [0.25, 0.3) is 0 Å². The van der Waals surface area contributed by atoms with E-state index in [1.165, 1.54) is 56.9 Å². The summed E-state index contributed by atoms with van der Waals surface area (Å²) >= 11 is 0. The van der Waals surface area contributed by atoms with Crippen molar-refractivity contribution in [1.82, 2.24) is 10.2 Å². The summed E-state index contributed by atoms with van der Waals surface area (Å²) in [5, 5.41) is 3.44. The third-order valence-corrected chi connectivity index (χ3v) is 5.72. The number of nitrogens with one attached hydrogen (secondary N) is 1. The lowest BCUT2D eigenvalue weighted by molar-refractivity contribution is 0.165. The first-order chi connectivity index (χ1) is 12.8. The van der Waals surface area contributed by atoms with Gasteiger partial charge in [-0.2, -0.15) is 0 Å². The zero-order valence-electron chi connectivity index (χ0n) is 16.5. The maximum Gasteiger partial charge on any atom is 0.188 e. The van der Waals surface area contributed by atoms with Gasteiger partial charge in [-0.25, -0.2) is 0 Å². The van der Waals surface area contributed by atoms with Gasteiger partial charge in [0.25, 0.3) is 0 Å². The number of piperidine rings is 1. The molecule has 0 spiro atoms. The SMILES string of the molecule is COc1ccccc1C(CN=C(N)NC1CCCCC1)N1CCCCC1.I. The maximum atomic E-state index is 6.22. The third kappa shape index (κ3) is 6.52. The molecule has 0 bridgehead atoms. The molecule has 1 aliphatic carbocycles. The second-order valence-electron chi connectivity index (χ2n) is 7.56. The van der Waals surface area contributed by atoms with Crippen molar-refractivity contribution in [2.24, 2.45) is 10.7 Å². The van der Waals surface area contributed by atoms with Gasteiger partial charge in [-0.3, -0.25) is 9.89 Å². The van der Waals surface area contributed by atoms with Crippen molar-refractivity contribution >= 4 is 29.9 Å². The minimum absolute atomic E-state index is 0. The molecule has 1 saturated heterocycles. The largest absolute Gasteiger partial charge is 0.496 e. The molecule has 0 radical (unpaired) electrons. The van der Waals surface area contributed by atoms with Gasteiger partial charge in [0, 0.05) is 11.6 Å². The number of hydrogen-bond donors (Lipinski definition) is 2. The average molecular weight is 486 g/mol. The first-order valence-electron chi connectivity index (χ1n) is 10.2. The van der Waals surface area contributed by atoms with Gasteiger partial charge in [0.2, 0.25) is 0 Å². The predicted molar refractivity (Wildman–Crippen MR) is 123 cm³/mol. The van der Waals surface area contributed by atoms with Gasteiger partial charge in [0.1, 0.15) is 5.75 Å². The number of benzene rings is 1. The molecule has 27 heavy (non-hydrogen) atoms. The topological polar surface area (TPSA) is 62.9 Å². The van der Waals surface area contributed by atoms with Crippen LogP contribution in [-0.4, -0.2) is 43.6 Å². The number of halogens is 1. The fourth-order valence-corrected chi connectivity index (χ4v) is 4.27. The second-order valence-corrected chi connectivity index (χ2v) is 7.56. The first-order valence-corrected chi connectivity index (χ1v) is 10.2. The number of aliphatic imine (C=N–C) groups is 1. The number of likely N-dealkylation sites (tertiary alicyclic amines) is 1. The van der Waals surface area contributed by atoms with Crippen LogP contribution in [0.5, 0.6) is 5.75 Å². The van der Waals surface area contributed by atoms with Gasteiger partial charge < -0.3 is 15.8 Å². The minimum Gasteiger partial charge on any atom is -0.496 e. The Hall–Kier alpha value is -1.02. The van der Waals surface area contributed by atoms with Gasteiger partial charge in [-0.1, -0.05) is 43.9 Å². The molecule has 1 aliphatic heterocycles.